The fraction of sp³-hybridized carbons (Fsp3) is 0.333. The van der Waals surface area contributed by atoms with Crippen LogP contribution in [0.4, 0.5) is 5.69 Å². The van der Waals surface area contributed by atoms with Crippen LogP contribution in [0.15, 0.2) is 54.6 Å². The molecule has 2 aromatic rings. The quantitative estimate of drug-likeness (QED) is 0.248. The highest BCUT2D eigenvalue weighted by molar-refractivity contribution is 7.80. The molecule has 0 spiro atoms. The molecule has 176 valence electrons. The Bertz CT molecular complexity index is 937. The molecule has 0 saturated heterocycles. The zero-order valence-electron chi connectivity index (χ0n) is 18.6. The number of ether oxygens (including phenoxy) is 2. The van der Waals surface area contributed by atoms with Crippen molar-refractivity contribution in [2.75, 3.05) is 32.2 Å². The average molecular weight is 472 g/mol. The van der Waals surface area contributed by atoms with Crippen LogP contribution in [-0.4, -0.2) is 49.8 Å². The van der Waals surface area contributed by atoms with E-state index in [-0.39, 0.29) is 30.5 Å². The number of hydrogen-bond donors (Lipinski definition) is 3. The third-order valence-corrected chi connectivity index (χ3v) is 4.70. The number of carbonyl (C=O) groups is 3. The van der Waals surface area contributed by atoms with Crippen LogP contribution >= 0.6 is 12.2 Å². The number of anilines is 1. The number of methoxy groups -OCH3 is 1. The minimum absolute atomic E-state index is 0.0397. The maximum absolute atomic E-state index is 12.2. The highest BCUT2D eigenvalue weighted by Crippen LogP contribution is 2.11. The van der Waals surface area contributed by atoms with Gasteiger partial charge in [-0.3, -0.25) is 14.4 Å². The second-order valence-corrected chi connectivity index (χ2v) is 7.55. The Morgan fingerprint density at radius 2 is 1.76 bits per heavy atom. The molecule has 9 heteroatoms. The van der Waals surface area contributed by atoms with Crippen LogP contribution in [0.5, 0.6) is 0 Å². The molecular formula is C24H29N3O5S. The molecule has 0 aliphatic carbocycles. The van der Waals surface area contributed by atoms with E-state index in [0.717, 1.165) is 12.0 Å². The predicted octanol–water partition coefficient (Wildman–Crippen LogP) is 2.83. The van der Waals surface area contributed by atoms with E-state index in [4.69, 9.17) is 21.7 Å². The van der Waals surface area contributed by atoms with Gasteiger partial charge in [0, 0.05) is 44.4 Å². The van der Waals surface area contributed by atoms with Crippen molar-refractivity contribution < 1.29 is 23.9 Å². The van der Waals surface area contributed by atoms with Gasteiger partial charge in [-0.15, -0.1) is 0 Å². The molecule has 3 N–H and O–H groups in total. The van der Waals surface area contributed by atoms with Crippen molar-refractivity contribution in [3.05, 3.63) is 65.7 Å². The van der Waals surface area contributed by atoms with E-state index in [1.165, 1.54) is 0 Å². The largest absolute Gasteiger partial charge is 0.465 e. The first kappa shape index (κ1) is 26.0. The zero-order chi connectivity index (χ0) is 23.9. The Kier molecular flexibility index (Phi) is 11.6. The number of nitrogens with one attached hydrogen (secondary N) is 3. The summed E-state index contributed by atoms with van der Waals surface area (Å²) in [7, 11) is 1.61. The molecule has 0 aliphatic rings. The molecule has 0 heterocycles. The normalized spacial score (nSPS) is 10.2. The van der Waals surface area contributed by atoms with Gasteiger partial charge in [0.25, 0.3) is 5.91 Å². The number of esters is 1. The first-order valence-corrected chi connectivity index (χ1v) is 11.1. The number of carbonyl (C=O) groups excluding carboxylic acids is 3. The maximum atomic E-state index is 12.2. The second-order valence-electron chi connectivity index (χ2n) is 7.14. The summed E-state index contributed by atoms with van der Waals surface area (Å²) in [6.45, 7) is 1.34. The first-order valence-electron chi connectivity index (χ1n) is 10.7. The summed E-state index contributed by atoms with van der Waals surface area (Å²) in [5, 5.41) is 8.27. The molecular weight excluding hydrogens is 442 g/mol. The summed E-state index contributed by atoms with van der Waals surface area (Å²) in [5.41, 5.74) is 2.10. The van der Waals surface area contributed by atoms with E-state index < -0.39 is 11.9 Å². The Balaban J connectivity index is 1.68. The van der Waals surface area contributed by atoms with Crippen molar-refractivity contribution >= 4 is 40.8 Å². The zero-order valence-corrected chi connectivity index (χ0v) is 19.4. The van der Waals surface area contributed by atoms with E-state index in [1.54, 1.807) is 31.4 Å². The van der Waals surface area contributed by atoms with Crippen molar-refractivity contribution in [1.29, 1.82) is 0 Å². The Hall–Kier alpha value is -3.30. The van der Waals surface area contributed by atoms with Crippen molar-refractivity contribution in [1.82, 2.24) is 10.6 Å². The third kappa shape index (κ3) is 10.7. The van der Waals surface area contributed by atoms with Crippen LogP contribution in [-0.2, 0) is 25.5 Å². The lowest BCUT2D eigenvalue weighted by molar-refractivity contribution is -0.144. The molecule has 0 bridgehead atoms. The van der Waals surface area contributed by atoms with Crippen molar-refractivity contribution in [2.45, 2.75) is 25.7 Å². The van der Waals surface area contributed by atoms with Crippen molar-refractivity contribution in [3.8, 4) is 0 Å². The Morgan fingerprint density at radius 3 is 2.52 bits per heavy atom. The van der Waals surface area contributed by atoms with Crippen molar-refractivity contribution in [2.24, 2.45) is 0 Å². The summed E-state index contributed by atoms with van der Waals surface area (Å²) in [4.78, 5) is 36.1. The summed E-state index contributed by atoms with van der Waals surface area (Å²) in [6, 6.07) is 16.4. The summed E-state index contributed by atoms with van der Waals surface area (Å²) in [6.07, 6.45) is 1.26. The molecule has 2 rings (SSSR count). The number of amides is 2. The van der Waals surface area contributed by atoms with Crippen LogP contribution in [0.2, 0.25) is 0 Å². The van der Waals surface area contributed by atoms with Gasteiger partial charge >= 0.3 is 5.97 Å². The topological polar surface area (TPSA) is 106 Å². The molecule has 0 aromatic heterocycles. The van der Waals surface area contributed by atoms with Gasteiger partial charge in [0.05, 0.1) is 13.0 Å². The highest BCUT2D eigenvalue weighted by Gasteiger charge is 2.11. The standard InChI is InChI=1S/C24H29N3O5S/c1-31-15-6-14-25-23(30)19-9-5-10-20(17-19)26-24(33)27-21(28)11-12-22(29)32-16-13-18-7-3-2-4-8-18/h2-5,7-10,17H,6,11-16H2,1H3,(H,25,30)(H2,26,27,28,33). The van der Waals surface area contributed by atoms with E-state index in [0.29, 0.717) is 30.8 Å². The maximum Gasteiger partial charge on any atom is 0.306 e. The molecule has 0 aliphatic heterocycles. The highest BCUT2D eigenvalue weighted by atomic mass is 32.1. The second kappa shape index (κ2) is 14.7. The Labute approximate surface area is 199 Å². The van der Waals surface area contributed by atoms with E-state index >= 15 is 0 Å². The lowest BCUT2D eigenvalue weighted by atomic mass is 10.2. The van der Waals surface area contributed by atoms with Gasteiger partial charge in [-0.05, 0) is 42.4 Å². The smallest absolute Gasteiger partial charge is 0.306 e. The van der Waals surface area contributed by atoms with Gasteiger partial charge in [0.2, 0.25) is 5.91 Å². The number of hydrogen-bond acceptors (Lipinski definition) is 6. The van der Waals surface area contributed by atoms with E-state index in [9.17, 15) is 14.4 Å². The molecule has 0 radical (unpaired) electrons. The van der Waals surface area contributed by atoms with Crippen molar-refractivity contribution in [3.63, 3.8) is 0 Å². The molecule has 33 heavy (non-hydrogen) atoms. The van der Waals surface area contributed by atoms with Crippen LogP contribution in [0.25, 0.3) is 0 Å². The Morgan fingerprint density at radius 1 is 0.970 bits per heavy atom. The summed E-state index contributed by atoms with van der Waals surface area (Å²) < 4.78 is 10.1. The fourth-order valence-corrected chi connectivity index (χ4v) is 3.06. The molecule has 0 atom stereocenters. The number of thiocarbonyl (C=S) groups is 1. The van der Waals surface area contributed by atoms with Crippen LogP contribution in [0.1, 0.15) is 35.2 Å². The van der Waals surface area contributed by atoms with E-state index in [2.05, 4.69) is 16.0 Å². The minimum atomic E-state index is -0.441. The summed E-state index contributed by atoms with van der Waals surface area (Å²) >= 11 is 5.15. The fourth-order valence-electron chi connectivity index (χ4n) is 2.83. The number of benzene rings is 2. The van der Waals surface area contributed by atoms with E-state index in [1.807, 2.05) is 30.3 Å². The molecule has 0 unspecified atom stereocenters. The van der Waals surface area contributed by atoms with Gasteiger partial charge in [0.15, 0.2) is 5.11 Å². The molecule has 0 fully saturated rings. The SMILES string of the molecule is COCCCNC(=O)c1cccc(NC(=S)NC(=O)CCC(=O)OCCc2ccccc2)c1. The van der Waals surface area contributed by atoms with Crippen LogP contribution in [0, 0.1) is 0 Å². The van der Waals surface area contributed by atoms with Gasteiger partial charge in [-0.25, -0.2) is 0 Å². The summed E-state index contributed by atoms with van der Waals surface area (Å²) in [5.74, 6) is -1.06. The minimum Gasteiger partial charge on any atom is -0.465 e. The molecule has 2 amide bonds. The van der Waals surface area contributed by atoms with Gasteiger partial charge in [-0.2, -0.15) is 0 Å². The average Bonchev–Trinajstić information content (AvgIpc) is 2.81. The van der Waals surface area contributed by atoms with Gasteiger partial charge in [0.1, 0.15) is 0 Å². The number of rotatable bonds is 12. The van der Waals surface area contributed by atoms with Gasteiger partial charge in [-0.1, -0.05) is 36.4 Å². The third-order valence-electron chi connectivity index (χ3n) is 4.50. The lowest BCUT2D eigenvalue weighted by Crippen LogP contribution is -2.34. The van der Waals surface area contributed by atoms with Crippen LogP contribution in [0.3, 0.4) is 0 Å². The molecule has 2 aromatic carbocycles. The predicted molar refractivity (Wildman–Crippen MR) is 130 cm³/mol. The van der Waals surface area contributed by atoms with Gasteiger partial charge < -0.3 is 25.4 Å². The molecule has 8 nitrogen and oxygen atoms in total. The lowest BCUT2D eigenvalue weighted by Gasteiger charge is -2.11. The molecule has 0 saturated carbocycles. The monoisotopic (exact) mass is 471 g/mol. The first-order chi connectivity index (χ1) is 16.0. The van der Waals surface area contributed by atoms with Crippen LogP contribution < -0.4 is 16.0 Å².